The van der Waals surface area contributed by atoms with Gasteiger partial charge in [0.25, 0.3) is 0 Å². The summed E-state index contributed by atoms with van der Waals surface area (Å²) in [5.74, 6) is 0. The zero-order chi connectivity index (χ0) is 10.7. The van der Waals surface area contributed by atoms with Gasteiger partial charge in [-0.3, -0.25) is 4.90 Å². The van der Waals surface area contributed by atoms with E-state index >= 15 is 0 Å². The molecule has 0 aromatic carbocycles. The van der Waals surface area contributed by atoms with Crippen molar-refractivity contribution in [3.63, 3.8) is 0 Å². The van der Waals surface area contributed by atoms with Crippen molar-refractivity contribution < 1.29 is 0 Å². The van der Waals surface area contributed by atoms with Crippen molar-refractivity contribution >= 4 is 0 Å². The quantitative estimate of drug-likeness (QED) is 0.724. The van der Waals surface area contributed by atoms with E-state index in [1.165, 1.54) is 51.6 Å². The van der Waals surface area contributed by atoms with Crippen LogP contribution in [0.15, 0.2) is 0 Å². The summed E-state index contributed by atoms with van der Waals surface area (Å²) in [7, 11) is 0. The minimum absolute atomic E-state index is 0.790. The SMILES string of the molecule is CCC1CCCN1C(CC)CNC1CC1. The van der Waals surface area contributed by atoms with Gasteiger partial charge < -0.3 is 5.32 Å². The predicted octanol–water partition coefficient (Wildman–Crippen LogP) is 2.39. The fourth-order valence-corrected chi connectivity index (χ4v) is 2.86. The second-order valence-corrected chi connectivity index (χ2v) is 5.19. The fourth-order valence-electron chi connectivity index (χ4n) is 2.86. The van der Waals surface area contributed by atoms with E-state index in [1.807, 2.05) is 0 Å². The lowest BCUT2D eigenvalue weighted by molar-refractivity contribution is 0.167. The fraction of sp³-hybridized carbons (Fsp3) is 1.00. The summed E-state index contributed by atoms with van der Waals surface area (Å²) in [6, 6.07) is 2.52. The third-order valence-corrected chi connectivity index (χ3v) is 4.05. The van der Waals surface area contributed by atoms with Crippen LogP contribution in [0.5, 0.6) is 0 Å². The Morgan fingerprint density at radius 1 is 1.27 bits per heavy atom. The maximum absolute atomic E-state index is 3.69. The molecule has 2 nitrogen and oxygen atoms in total. The van der Waals surface area contributed by atoms with Gasteiger partial charge in [0.15, 0.2) is 0 Å². The lowest BCUT2D eigenvalue weighted by Crippen LogP contribution is -2.44. The Hall–Kier alpha value is -0.0800. The van der Waals surface area contributed by atoms with E-state index in [0.717, 1.165) is 18.1 Å². The monoisotopic (exact) mass is 210 g/mol. The van der Waals surface area contributed by atoms with E-state index in [1.54, 1.807) is 0 Å². The summed E-state index contributed by atoms with van der Waals surface area (Å²) < 4.78 is 0. The molecule has 2 heteroatoms. The highest BCUT2D eigenvalue weighted by molar-refractivity contribution is 4.88. The Morgan fingerprint density at radius 2 is 2.07 bits per heavy atom. The molecular formula is C13H26N2. The average Bonchev–Trinajstić information content (AvgIpc) is 2.96. The van der Waals surface area contributed by atoms with Crippen LogP contribution in [-0.2, 0) is 0 Å². The van der Waals surface area contributed by atoms with Gasteiger partial charge in [0.1, 0.15) is 0 Å². The highest BCUT2D eigenvalue weighted by Crippen LogP contribution is 2.24. The normalized spacial score (nSPS) is 29.6. The van der Waals surface area contributed by atoms with Gasteiger partial charge in [-0.05, 0) is 45.1 Å². The first kappa shape index (κ1) is 11.4. The van der Waals surface area contributed by atoms with E-state index in [-0.39, 0.29) is 0 Å². The van der Waals surface area contributed by atoms with Crippen molar-refractivity contribution in [3.05, 3.63) is 0 Å². The molecule has 0 aromatic heterocycles. The number of likely N-dealkylation sites (tertiary alicyclic amines) is 1. The first-order chi connectivity index (χ1) is 7.35. The Labute approximate surface area is 94.4 Å². The Bertz CT molecular complexity index is 189. The van der Waals surface area contributed by atoms with Gasteiger partial charge >= 0.3 is 0 Å². The third-order valence-electron chi connectivity index (χ3n) is 4.05. The van der Waals surface area contributed by atoms with Crippen LogP contribution in [0.2, 0.25) is 0 Å². The van der Waals surface area contributed by atoms with Gasteiger partial charge in [-0.15, -0.1) is 0 Å². The lowest BCUT2D eigenvalue weighted by Gasteiger charge is -2.32. The number of hydrogen-bond acceptors (Lipinski definition) is 2. The first-order valence-electron chi connectivity index (χ1n) is 6.84. The van der Waals surface area contributed by atoms with Crippen molar-refractivity contribution in [1.29, 1.82) is 0 Å². The average molecular weight is 210 g/mol. The van der Waals surface area contributed by atoms with Crippen LogP contribution in [0.25, 0.3) is 0 Å². The van der Waals surface area contributed by atoms with Crippen LogP contribution in [0.1, 0.15) is 52.4 Å². The maximum Gasteiger partial charge on any atom is 0.0221 e. The molecule has 1 saturated carbocycles. The maximum atomic E-state index is 3.69. The van der Waals surface area contributed by atoms with Crippen molar-refractivity contribution in [3.8, 4) is 0 Å². The topological polar surface area (TPSA) is 15.3 Å². The molecule has 0 radical (unpaired) electrons. The molecule has 0 amide bonds. The second-order valence-electron chi connectivity index (χ2n) is 5.19. The minimum Gasteiger partial charge on any atom is -0.312 e. The summed E-state index contributed by atoms with van der Waals surface area (Å²) in [5.41, 5.74) is 0. The molecule has 88 valence electrons. The van der Waals surface area contributed by atoms with Crippen molar-refractivity contribution in [2.45, 2.75) is 70.5 Å². The molecule has 0 aromatic rings. The van der Waals surface area contributed by atoms with Crippen LogP contribution in [0.4, 0.5) is 0 Å². The molecule has 1 aliphatic carbocycles. The standard InChI is InChI=1S/C13H26N2/c1-3-12-6-5-9-15(12)13(4-2)10-14-11-7-8-11/h11-14H,3-10H2,1-2H3. The zero-order valence-electron chi connectivity index (χ0n) is 10.3. The van der Waals surface area contributed by atoms with E-state index < -0.39 is 0 Å². The van der Waals surface area contributed by atoms with Crippen molar-refractivity contribution in [2.24, 2.45) is 0 Å². The minimum atomic E-state index is 0.790. The number of rotatable bonds is 6. The molecule has 2 unspecified atom stereocenters. The Kier molecular flexibility index (Phi) is 4.04. The highest BCUT2D eigenvalue weighted by Gasteiger charge is 2.29. The van der Waals surface area contributed by atoms with E-state index in [9.17, 15) is 0 Å². The molecule has 2 rings (SSSR count). The van der Waals surface area contributed by atoms with Gasteiger partial charge in [-0.25, -0.2) is 0 Å². The van der Waals surface area contributed by atoms with Crippen LogP contribution in [0.3, 0.4) is 0 Å². The van der Waals surface area contributed by atoms with E-state index in [4.69, 9.17) is 0 Å². The molecule has 0 bridgehead atoms. The van der Waals surface area contributed by atoms with E-state index in [2.05, 4.69) is 24.1 Å². The molecule has 1 heterocycles. The second kappa shape index (κ2) is 5.31. The smallest absolute Gasteiger partial charge is 0.0221 e. The van der Waals surface area contributed by atoms with Crippen molar-refractivity contribution in [1.82, 2.24) is 10.2 Å². The van der Waals surface area contributed by atoms with Gasteiger partial charge in [0.2, 0.25) is 0 Å². The summed E-state index contributed by atoms with van der Waals surface area (Å²) >= 11 is 0. The van der Waals surface area contributed by atoms with Crippen LogP contribution in [-0.4, -0.2) is 36.1 Å². The van der Waals surface area contributed by atoms with Gasteiger partial charge in [0.05, 0.1) is 0 Å². The van der Waals surface area contributed by atoms with Crippen molar-refractivity contribution in [2.75, 3.05) is 13.1 Å². The highest BCUT2D eigenvalue weighted by atomic mass is 15.2. The van der Waals surface area contributed by atoms with Gasteiger partial charge in [0, 0.05) is 24.7 Å². The number of nitrogens with one attached hydrogen (secondary N) is 1. The molecule has 2 fully saturated rings. The molecule has 1 N–H and O–H groups in total. The number of hydrogen-bond donors (Lipinski definition) is 1. The number of nitrogens with zero attached hydrogens (tertiary/aromatic N) is 1. The Morgan fingerprint density at radius 3 is 2.67 bits per heavy atom. The molecule has 1 aliphatic heterocycles. The van der Waals surface area contributed by atoms with Crippen LogP contribution in [0, 0.1) is 0 Å². The predicted molar refractivity (Wildman–Crippen MR) is 65.1 cm³/mol. The molecule has 15 heavy (non-hydrogen) atoms. The van der Waals surface area contributed by atoms with Crippen LogP contribution < -0.4 is 5.32 Å². The Balaban J connectivity index is 1.80. The lowest BCUT2D eigenvalue weighted by atomic mass is 10.1. The molecular weight excluding hydrogens is 184 g/mol. The molecule has 0 spiro atoms. The first-order valence-corrected chi connectivity index (χ1v) is 6.84. The summed E-state index contributed by atoms with van der Waals surface area (Å²) in [6.07, 6.45) is 8.30. The molecule has 2 aliphatic rings. The third kappa shape index (κ3) is 2.94. The van der Waals surface area contributed by atoms with E-state index in [0.29, 0.717) is 0 Å². The van der Waals surface area contributed by atoms with Gasteiger partial charge in [-0.2, -0.15) is 0 Å². The molecule has 1 saturated heterocycles. The zero-order valence-corrected chi connectivity index (χ0v) is 10.3. The molecule has 2 atom stereocenters. The summed E-state index contributed by atoms with van der Waals surface area (Å²) in [4.78, 5) is 2.76. The summed E-state index contributed by atoms with van der Waals surface area (Å²) in [6.45, 7) is 7.23. The summed E-state index contributed by atoms with van der Waals surface area (Å²) in [5, 5.41) is 3.69. The van der Waals surface area contributed by atoms with Crippen LogP contribution >= 0.6 is 0 Å². The van der Waals surface area contributed by atoms with Gasteiger partial charge in [-0.1, -0.05) is 13.8 Å². The largest absolute Gasteiger partial charge is 0.312 e.